The minimum atomic E-state index is 0.254. The molecule has 1 aromatic heterocycles. The van der Waals surface area contributed by atoms with E-state index in [-0.39, 0.29) is 5.92 Å². The van der Waals surface area contributed by atoms with Gasteiger partial charge in [0.15, 0.2) is 0 Å². The van der Waals surface area contributed by atoms with E-state index in [9.17, 15) is 0 Å². The first-order valence-electron chi connectivity index (χ1n) is 7.86. The van der Waals surface area contributed by atoms with Gasteiger partial charge in [0.1, 0.15) is 5.82 Å². The molecule has 0 radical (unpaired) electrons. The zero-order valence-electron chi connectivity index (χ0n) is 13.8. The molecule has 0 spiro atoms. The van der Waals surface area contributed by atoms with Crippen LogP contribution in [0, 0.1) is 5.92 Å². The van der Waals surface area contributed by atoms with Gasteiger partial charge in [0.2, 0.25) is 0 Å². The lowest BCUT2D eigenvalue weighted by atomic mass is 10.1. The van der Waals surface area contributed by atoms with Crippen LogP contribution in [0.5, 0.6) is 0 Å². The van der Waals surface area contributed by atoms with E-state index in [0.29, 0.717) is 10.9 Å². The molecular weight excluding hydrogens is 292 g/mol. The lowest BCUT2D eigenvalue weighted by Gasteiger charge is -2.19. The number of nitrogens with zero attached hydrogens (tertiary/aromatic N) is 3. The fourth-order valence-corrected chi connectivity index (χ4v) is 3.37. The van der Waals surface area contributed by atoms with Crippen molar-refractivity contribution in [1.82, 2.24) is 14.5 Å². The molecule has 118 valence electrons. The Labute approximate surface area is 137 Å². The number of thiocarbonyl (C=S) groups is 1. The summed E-state index contributed by atoms with van der Waals surface area (Å²) in [6.45, 7) is 9.33. The van der Waals surface area contributed by atoms with E-state index in [0.717, 1.165) is 31.0 Å². The van der Waals surface area contributed by atoms with Crippen LogP contribution in [0.4, 0.5) is 0 Å². The predicted molar refractivity (Wildman–Crippen MR) is 94.9 cm³/mol. The molecule has 5 heteroatoms. The van der Waals surface area contributed by atoms with Crippen LogP contribution < -0.4 is 5.73 Å². The minimum absolute atomic E-state index is 0.254. The van der Waals surface area contributed by atoms with Crippen molar-refractivity contribution < 1.29 is 0 Å². The van der Waals surface area contributed by atoms with Crippen molar-refractivity contribution in [2.24, 2.45) is 18.7 Å². The van der Waals surface area contributed by atoms with Crippen molar-refractivity contribution in [3.05, 3.63) is 29.1 Å². The number of hydrogen-bond acceptors (Lipinski definition) is 3. The largest absolute Gasteiger partial charge is 0.393 e. The molecule has 0 bridgehead atoms. The van der Waals surface area contributed by atoms with Gasteiger partial charge in [0, 0.05) is 38.5 Å². The molecule has 22 heavy (non-hydrogen) atoms. The summed E-state index contributed by atoms with van der Waals surface area (Å²) < 4.78 is 2.22. The molecule has 1 aromatic carbocycles. The average molecular weight is 316 g/mol. The lowest BCUT2D eigenvalue weighted by molar-refractivity contribution is 0.268. The SMILES string of the molecule is CC(CN1Cc2cc3nc(C(C)C)n(C)c3cc2C1)C(N)=S. The summed E-state index contributed by atoms with van der Waals surface area (Å²) in [5, 5.41) is 0. The molecule has 3 rings (SSSR count). The second kappa shape index (κ2) is 5.63. The highest BCUT2D eigenvalue weighted by atomic mass is 32.1. The van der Waals surface area contributed by atoms with E-state index in [2.05, 4.69) is 49.4 Å². The molecule has 4 nitrogen and oxygen atoms in total. The van der Waals surface area contributed by atoms with Gasteiger partial charge in [0.25, 0.3) is 0 Å². The highest BCUT2D eigenvalue weighted by molar-refractivity contribution is 7.80. The number of nitrogens with two attached hydrogens (primary N) is 1. The molecule has 2 aromatic rings. The maximum atomic E-state index is 5.74. The van der Waals surface area contributed by atoms with Crippen LogP contribution in [0.15, 0.2) is 12.1 Å². The maximum absolute atomic E-state index is 5.74. The number of benzene rings is 1. The Bertz CT molecular complexity index is 732. The van der Waals surface area contributed by atoms with Gasteiger partial charge in [-0.05, 0) is 23.3 Å². The summed E-state index contributed by atoms with van der Waals surface area (Å²) in [5.41, 5.74) is 10.9. The molecule has 0 fully saturated rings. The molecule has 0 saturated heterocycles. The van der Waals surface area contributed by atoms with Crippen molar-refractivity contribution >= 4 is 28.2 Å². The molecular formula is C17H24N4S. The molecule has 0 aliphatic carbocycles. The topological polar surface area (TPSA) is 47.1 Å². The molecule has 1 aliphatic rings. The summed E-state index contributed by atoms with van der Waals surface area (Å²) in [5.74, 6) is 1.84. The molecule has 1 unspecified atom stereocenters. The fourth-order valence-electron chi connectivity index (χ4n) is 3.30. The summed E-state index contributed by atoms with van der Waals surface area (Å²) in [7, 11) is 2.11. The number of fused-ring (bicyclic) bond motifs is 2. The zero-order chi connectivity index (χ0) is 16.0. The van der Waals surface area contributed by atoms with Gasteiger partial charge in [-0.25, -0.2) is 4.98 Å². The Morgan fingerprint density at radius 2 is 1.91 bits per heavy atom. The molecule has 2 heterocycles. The van der Waals surface area contributed by atoms with E-state index < -0.39 is 0 Å². The van der Waals surface area contributed by atoms with Crippen LogP contribution in [-0.2, 0) is 20.1 Å². The third kappa shape index (κ3) is 2.63. The second-order valence-corrected chi connectivity index (χ2v) is 7.24. The number of aromatic nitrogens is 2. The smallest absolute Gasteiger partial charge is 0.112 e. The summed E-state index contributed by atoms with van der Waals surface area (Å²) in [4.78, 5) is 7.82. The van der Waals surface area contributed by atoms with Crippen LogP contribution in [-0.4, -0.2) is 26.0 Å². The maximum Gasteiger partial charge on any atom is 0.112 e. The van der Waals surface area contributed by atoms with Crippen molar-refractivity contribution in [2.75, 3.05) is 6.54 Å². The Kier molecular flexibility index (Phi) is 3.95. The van der Waals surface area contributed by atoms with E-state index in [1.807, 2.05) is 0 Å². The monoisotopic (exact) mass is 316 g/mol. The van der Waals surface area contributed by atoms with E-state index in [1.165, 1.54) is 16.6 Å². The Balaban J connectivity index is 1.89. The normalized spacial score (nSPS) is 16.4. The van der Waals surface area contributed by atoms with Gasteiger partial charge in [-0.3, -0.25) is 4.90 Å². The molecule has 0 saturated carbocycles. The highest BCUT2D eigenvalue weighted by Crippen LogP contribution is 2.29. The van der Waals surface area contributed by atoms with Crippen molar-refractivity contribution in [2.45, 2.75) is 39.8 Å². The molecule has 2 N–H and O–H groups in total. The second-order valence-electron chi connectivity index (χ2n) is 6.77. The first-order valence-corrected chi connectivity index (χ1v) is 8.27. The van der Waals surface area contributed by atoms with Crippen LogP contribution in [0.25, 0.3) is 11.0 Å². The molecule has 1 aliphatic heterocycles. The number of rotatable bonds is 4. The number of imidazole rings is 1. The van der Waals surface area contributed by atoms with Crippen LogP contribution in [0.1, 0.15) is 43.6 Å². The highest BCUT2D eigenvalue weighted by Gasteiger charge is 2.23. The van der Waals surface area contributed by atoms with Crippen molar-refractivity contribution in [3.8, 4) is 0 Å². The zero-order valence-corrected chi connectivity index (χ0v) is 14.6. The molecule has 1 atom stereocenters. The Morgan fingerprint density at radius 1 is 1.27 bits per heavy atom. The summed E-state index contributed by atoms with van der Waals surface area (Å²) >= 11 is 5.09. The van der Waals surface area contributed by atoms with Gasteiger partial charge in [-0.2, -0.15) is 0 Å². The van der Waals surface area contributed by atoms with E-state index >= 15 is 0 Å². The Morgan fingerprint density at radius 3 is 2.50 bits per heavy atom. The minimum Gasteiger partial charge on any atom is -0.393 e. The standard InChI is InChI=1S/C17H24N4S/c1-10(2)17-19-14-5-12-8-21(7-11(3)16(18)22)9-13(12)6-15(14)20(17)4/h5-6,10-11H,7-9H2,1-4H3,(H2,18,22). The number of hydrogen-bond donors (Lipinski definition) is 1. The number of aryl methyl sites for hydroxylation is 1. The molecule has 0 amide bonds. The fraction of sp³-hybridized carbons (Fsp3) is 0.529. The first kappa shape index (κ1) is 15.4. The van der Waals surface area contributed by atoms with Gasteiger partial charge < -0.3 is 10.3 Å². The van der Waals surface area contributed by atoms with E-state index in [1.54, 1.807) is 0 Å². The van der Waals surface area contributed by atoms with Crippen LogP contribution in [0.3, 0.4) is 0 Å². The van der Waals surface area contributed by atoms with Crippen LogP contribution in [0.2, 0.25) is 0 Å². The quantitative estimate of drug-likeness (QED) is 0.881. The van der Waals surface area contributed by atoms with Gasteiger partial charge in [-0.1, -0.05) is 33.0 Å². The third-order valence-electron chi connectivity index (χ3n) is 4.56. The van der Waals surface area contributed by atoms with Gasteiger partial charge in [-0.15, -0.1) is 0 Å². The van der Waals surface area contributed by atoms with E-state index in [4.69, 9.17) is 22.9 Å². The van der Waals surface area contributed by atoms with Crippen LogP contribution >= 0.6 is 12.2 Å². The predicted octanol–water partition coefficient (Wildman–Crippen LogP) is 2.93. The first-order chi connectivity index (χ1) is 10.4. The van der Waals surface area contributed by atoms with Crippen molar-refractivity contribution in [3.63, 3.8) is 0 Å². The summed E-state index contributed by atoms with van der Waals surface area (Å²) in [6, 6.07) is 4.55. The summed E-state index contributed by atoms with van der Waals surface area (Å²) in [6.07, 6.45) is 0. The van der Waals surface area contributed by atoms with Gasteiger partial charge in [0.05, 0.1) is 16.0 Å². The van der Waals surface area contributed by atoms with Crippen molar-refractivity contribution in [1.29, 1.82) is 0 Å². The Hall–Kier alpha value is -1.46. The lowest BCUT2D eigenvalue weighted by Crippen LogP contribution is -2.30. The average Bonchev–Trinajstić information content (AvgIpc) is 2.97. The third-order valence-corrected chi connectivity index (χ3v) is 4.96. The van der Waals surface area contributed by atoms with Gasteiger partial charge >= 0.3 is 0 Å².